The number of amides is 2. The number of aromatic nitrogens is 1. The number of thiazole rings is 1. The molecule has 0 atom stereocenters. The number of anilines is 1. The van der Waals surface area contributed by atoms with E-state index in [1.165, 1.54) is 47.0 Å². The first-order chi connectivity index (χ1) is 14.6. The third-order valence-electron chi connectivity index (χ3n) is 5.00. The Hall–Kier alpha value is -2.50. The molecule has 3 rings (SSSR count). The summed E-state index contributed by atoms with van der Waals surface area (Å²) < 4.78 is 31.4. The summed E-state index contributed by atoms with van der Waals surface area (Å²) in [7, 11) is -2.09. The zero-order chi connectivity index (χ0) is 22.8. The zero-order valence-corrected chi connectivity index (χ0v) is 19.5. The van der Waals surface area contributed by atoms with Gasteiger partial charge >= 0.3 is 6.09 Å². The van der Waals surface area contributed by atoms with Gasteiger partial charge in [-0.05, 0) is 45.0 Å². The van der Waals surface area contributed by atoms with Gasteiger partial charge in [-0.2, -0.15) is 4.31 Å². The van der Waals surface area contributed by atoms with Crippen molar-refractivity contribution in [2.45, 2.75) is 44.7 Å². The predicted octanol–water partition coefficient (Wildman–Crippen LogP) is 2.94. The number of nitrogens with zero attached hydrogens (tertiary/aromatic N) is 3. The first kappa shape index (κ1) is 23.2. The molecular formula is C20H26N4O5S2. The Bertz CT molecular complexity index is 1060. The minimum atomic E-state index is -3.61. The van der Waals surface area contributed by atoms with E-state index in [0.717, 1.165) is 10.6 Å². The minimum Gasteiger partial charge on any atom is -0.450 e. The van der Waals surface area contributed by atoms with E-state index in [1.807, 2.05) is 0 Å². The molecule has 0 bridgehead atoms. The van der Waals surface area contributed by atoms with Crippen molar-refractivity contribution in [2.75, 3.05) is 25.5 Å². The van der Waals surface area contributed by atoms with Gasteiger partial charge in [0.1, 0.15) is 0 Å². The van der Waals surface area contributed by atoms with Crippen LogP contribution in [-0.4, -0.2) is 60.8 Å². The van der Waals surface area contributed by atoms with Gasteiger partial charge in [-0.15, -0.1) is 0 Å². The van der Waals surface area contributed by atoms with Crippen LogP contribution in [0.3, 0.4) is 0 Å². The van der Waals surface area contributed by atoms with E-state index in [2.05, 4.69) is 10.3 Å². The molecule has 2 amide bonds. The third kappa shape index (κ3) is 5.05. The van der Waals surface area contributed by atoms with Crippen LogP contribution in [0.2, 0.25) is 0 Å². The molecule has 0 saturated carbocycles. The number of nitrogens with one attached hydrogen (secondary N) is 1. The normalized spacial score (nSPS) is 13.9. The van der Waals surface area contributed by atoms with Crippen LogP contribution in [0.1, 0.15) is 41.7 Å². The lowest BCUT2D eigenvalue weighted by Gasteiger charge is -2.24. The molecule has 0 radical (unpaired) electrons. The lowest BCUT2D eigenvalue weighted by atomic mass is 10.2. The van der Waals surface area contributed by atoms with Gasteiger partial charge in [-0.1, -0.05) is 11.3 Å². The second-order valence-electron chi connectivity index (χ2n) is 7.35. The van der Waals surface area contributed by atoms with Crippen LogP contribution >= 0.6 is 11.3 Å². The fraction of sp³-hybridized carbons (Fsp3) is 0.450. The molecule has 0 fully saturated rings. The van der Waals surface area contributed by atoms with E-state index < -0.39 is 10.0 Å². The first-order valence-corrected chi connectivity index (χ1v) is 12.2. The molecular weight excluding hydrogens is 440 g/mol. The fourth-order valence-corrected chi connectivity index (χ4v) is 5.40. The standard InChI is InChI=1S/C20H26N4O5S2/c1-5-29-20(26)24-11-10-16-17(12-24)30-19(21-16)22-18(25)14-6-8-15(9-7-14)31(27,28)23(4)13(2)3/h6-9,13H,5,10-12H2,1-4H3,(H,21,22,25). The molecule has 9 nitrogen and oxygen atoms in total. The summed E-state index contributed by atoms with van der Waals surface area (Å²) in [5.74, 6) is -0.380. The Kier molecular flexibility index (Phi) is 6.97. The predicted molar refractivity (Wildman–Crippen MR) is 118 cm³/mol. The number of rotatable bonds is 6. The Morgan fingerprint density at radius 2 is 1.97 bits per heavy atom. The highest BCUT2D eigenvalue weighted by atomic mass is 32.2. The summed E-state index contributed by atoms with van der Waals surface area (Å²) >= 11 is 1.32. The van der Waals surface area contributed by atoms with Gasteiger partial charge < -0.3 is 9.64 Å². The van der Waals surface area contributed by atoms with Crippen LogP contribution in [0.4, 0.5) is 9.93 Å². The van der Waals surface area contributed by atoms with Crippen LogP contribution in [0, 0.1) is 0 Å². The van der Waals surface area contributed by atoms with Crippen LogP contribution in [-0.2, 0) is 27.7 Å². The molecule has 1 aliphatic rings. The van der Waals surface area contributed by atoms with Crippen molar-refractivity contribution in [1.82, 2.24) is 14.2 Å². The number of ether oxygens (including phenoxy) is 1. The number of benzene rings is 1. The van der Waals surface area contributed by atoms with Crippen molar-refractivity contribution < 1.29 is 22.7 Å². The molecule has 1 aliphatic heterocycles. The van der Waals surface area contributed by atoms with E-state index >= 15 is 0 Å². The monoisotopic (exact) mass is 466 g/mol. The van der Waals surface area contributed by atoms with Crippen molar-refractivity contribution in [3.8, 4) is 0 Å². The van der Waals surface area contributed by atoms with Crippen molar-refractivity contribution in [3.63, 3.8) is 0 Å². The quantitative estimate of drug-likeness (QED) is 0.701. The molecule has 1 aromatic carbocycles. The van der Waals surface area contributed by atoms with Crippen molar-refractivity contribution in [3.05, 3.63) is 40.4 Å². The summed E-state index contributed by atoms with van der Waals surface area (Å²) in [6.07, 6.45) is 0.237. The molecule has 0 aliphatic carbocycles. The highest BCUT2D eigenvalue weighted by Crippen LogP contribution is 2.29. The molecule has 2 heterocycles. The van der Waals surface area contributed by atoms with E-state index in [1.54, 1.807) is 25.7 Å². The Morgan fingerprint density at radius 1 is 1.29 bits per heavy atom. The number of carbonyl (C=O) groups excluding carboxylic acids is 2. The number of hydrogen-bond acceptors (Lipinski definition) is 7. The van der Waals surface area contributed by atoms with Gasteiger partial charge in [0.15, 0.2) is 5.13 Å². The smallest absolute Gasteiger partial charge is 0.410 e. The second-order valence-corrected chi connectivity index (χ2v) is 10.4. The molecule has 11 heteroatoms. The maximum absolute atomic E-state index is 12.6. The highest BCUT2D eigenvalue weighted by molar-refractivity contribution is 7.89. The SMILES string of the molecule is CCOC(=O)N1CCc2nc(NC(=O)c3ccc(S(=O)(=O)N(C)C(C)C)cc3)sc2C1. The molecule has 1 aromatic heterocycles. The summed E-state index contributed by atoms with van der Waals surface area (Å²) in [6, 6.07) is 5.63. The van der Waals surface area contributed by atoms with E-state index in [9.17, 15) is 18.0 Å². The summed E-state index contributed by atoms with van der Waals surface area (Å²) in [4.78, 5) is 31.6. The van der Waals surface area contributed by atoms with Gasteiger partial charge in [0.2, 0.25) is 10.0 Å². The zero-order valence-electron chi connectivity index (χ0n) is 17.9. The molecule has 0 saturated heterocycles. The maximum Gasteiger partial charge on any atom is 0.410 e. The Balaban J connectivity index is 1.69. The van der Waals surface area contributed by atoms with Gasteiger partial charge in [0.05, 0.1) is 23.7 Å². The number of sulfonamides is 1. The molecule has 31 heavy (non-hydrogen) atoms. The minimum absolute atomic E-state index is 0.129. The lowest BCUT2D eigenvalue weighted by molar-refractivity contribution is 0.102. The topological polar surface area (TPSA) is 109 Å². The molecule has 0 spiro atoms. The lowest BCUT2D eigenvalue weighted by Crippen LogP contribution is -2.35. The van der Waals surface area contributed by atoms with E-state index in [-0.39, 0.29) is 22.9 Å². The van der Waals surface area contributed by atoms with Crippen molar-refractivity contribution in [2.24, 2.45) is 0 Å². The van der Waals surface area contributed by atoms with Gasteiger partial charge in [0, 0.05) is 36.5 Å². The molecule has 2 aromatic rings. The molecule has 0 unspecified atom stereocenters. The van der Waals surface area contributed by atoms with Crippen LogP contribution in [0.5, 0.6) is 0 Å². The summed E-state index contributed by atoms with van der Waals surface area (Å²) in [5, 5.41) is 3.20. The van der Waals surface area contributed by atoms with Crippen LogP contribution < -0.4 is 5.32 Å². The Labute approximate surface area is 186 Å². The maximum atomic E-state index is 12.6. The summed E-state index contributed by atoms with van der Waals surface area (Å²) in [6.45, 7) is 6.58. The number of fused-ring (bicyclic) bond motifs is 1. The van der Waals surface area contributed by atoms with E-state index in [4.69, 9.17) is 4.74 Å². The average Bonchev–Trinajstić information content (AvgIpc) is 3.14. The van der Waals surface area contributed by atoms with Crippen LogP contribution in [0.25, 0.3) is 0 Å². The van der Waals surface area contributed by atoms with Crippen LogP contribution in [0.15, 0.2) is 29.2 Å². The van der Waals surface area contributed by atoms with Crippen molar-refractivity contribution in [1.29, 1.82) is 0 Å². The number of hydrogen-bond donors (Lipinski definition) is 1. The molecule has 1 N–H and O–H groups in total. The van der Waals surface area contributed by atoms with E-state index in [0.29, 0.717) is 36.8 Å². The fourth-order valence-electron chi connectivity index (χ4n) is 3.01. The average molecular weight is 467 g/mol. The summed E-state index contributed by atoms with van der Waals surface area (Å²) in [5.41, 5.74) is 1.19. The second kappa shape index (κ2) is 9.33. The van der Waals surface area contributed by atoms with Gasteiger partial charge in [0.25, 0.3) is 5.91 Å². The Morgan fingerprint density at radius 3 is 2.58 bits per heavy atom. The largest absolute Gasteiger partial charge is 0.450 e. The third-order valence-corrected chi connectivity index (χ3v) is 8.04. The first-order valence-electron chi connectivity index (χ1n) is 9.93. The highest BCUT2D eigenvalue weighted by Gasteiger charge is 2.26. The van der Waals surface area contributed by atoms with Crippen molar-refractivity contribution >= 4 is 38.5 Å². The van der Waals surface area contributed by atoms with Gasteiger partial charge in [-0.25, -0.2) is 18.2 Å². The number of carbonyl (C=O) groups is 2. The molecule has 168 valence electrons. The van der Waals surface area contributed by atoms with Gasteiger partial charge in [-0.3, -0.25) is 10.1 Å².